The fourth-order valence-electron chi connectivity index (χ4n) is 0.873. The van der Waals surface area contributed by atoms with Gasteiger partial charge in [-0.05, 0) is 0 Å². The van der Waals surface area contributed by atoms with E-state index in [1.54, 1.807) is 0 Å². The van der Waals surface area contributed by atoms with E-state index in [0.29, 0.717) is 18.1 Å². The summed E-state index contributed by atoms with van der Waals surface area (Å²) in [6, 6.07) is 0. The summed E-state index contributed by atoms with van der Waals surface area (Å²) < 4.78 is 10.9. The van der Waals surface area contributed by atoms with Gasteiger partial charge in [-0.1, -0.05) is 6.92 Å². The third-order valence-electron chi connectivity index (χ3n) is 1.62. The minimum atomic E-state index is -1.02. The average molecular weight is 223 g/mol. The number of carboxylic acid groups (broad SMARTS) is 1. The van der Waals surface area contributed by atoms with Crippen LogP contribution in [0.2, 0.25) is 0 Å². The number of aliphatic hydroxyl groups excluding tert-OH is 1. The average Bonchev–Trinajstić information content (AvgIpc) is 2.10. The molecule has 0 aliphatic heterocycles. The van der Waals surface area contributed by atoms with Gasteiger partial charge in [-0.2, -0.15) is 0 Å². The second-order valence-corrected chi connectivity index (χ2v) is 4.75. The number of aliphatic hydroxyl groups is 1. The highest BCUT2D eigenvalue weighted by Crippen LogP contribution is 1.89. The number of rotatable bonds is 8. The van der Waals surface area contributed by atoms with Crippen LogP contribution >= 0.6 is 0 Å². The number of aliphatic carboxylic acids is 1. The Kier molecular flexibility index (Phi) is 7.64. The molecule has 0 aromatic carbocycles. The fourth-order valence-corrected chi connectivity index (χ4v) is 1.53. The maximum atomic E-state index is 10.9. The lowest BCUT2D eigenvalue weighted by Gasteiger charge is -2.08. The van der Waals surface area contributed by atoms with E-state index in [-0.39, 0.29) is 13.0 Å². The highest BCUT2D eigenvalue weighted by atomic mass is 32.2. The standard InChI is InChI=1S/C8H17NO4S/c1-2-14(13)4-3-9-6-7(10)5-8(11)12/h7,9-10H,2-6H2,1H3,(H,11,12). The van der Waals surface area contributed by atoms with Crippen LogP contribution in [0.15, 0.2) is 0 Å². The zero-order valence-corrected chi connectivity index (χ0v) is 9.05. The molecule has 84 valence electrons. The lowest BCUT2D eigenvalue weighted by atomic mass is 10.2. The molecule has 0 aliphatic rings. The summed E-state index contributed by atoms with van der Waals surface area (Å²) in [6.45, 7) is 2.61. The maximum absolute atomic E-state index is 10.9. The van der Waals surface area contributed by atoms with Gasteiger partial charge in [-0.15, -0.1) is 0 Å². The molecule has 14 heavy (non-hydrogen) atoms. The monoisotopic (exact) mass is 223 g/mol. The van der Waals surface area contributed by atoms with Crippen LogP contribution in [0.4, 0.5) is 0 Å². The van der Waals surface area contributed by atoms with Crippen molar-refractivity contribution >= 4 is 16.8 Å². The molecule has 0 fully saturated rings. The predicted octanol–water partition coefficient (Wildman–Crippen LogP) is -0.820. The van der Waals surface area contributed by atoms with Crippen LogP contribution < -0.4 is 5.32 Å². The van der Waals surface area contributed by atoms with Crippen molar-refractivity contribution < 1.29 is 19.2 Å². The highest BCUT2D eigenvalue weighted by molar-refractivity contribution is 7.84. The molecule has 2 unspecified atom stereocenters. The normalized spacial score (nSPS) is 15.0. The van der Waals surface area contributed by atoms with Crippen LogP contribution in [0.25, 0.3) is 0 Å². The molecule has 0 spiro atoms. The van der Waals surface area contributed by atoms with E-state index in [0.717, 1.165) is 0 Å². The maximum Gasteiger partial charge on any atom is 0.306 e. The first kappa shape index (κ1) is 13.5. The minimum absolute atomic E-state index is 0.229. The lowest BCUT2D eigenvalue weighted by Crippen LogP contribution is -2.31. The molecule has 2 atom stereocenters. The van der Waals surface area contributed by atoms with E-state index in [1.807, 2.05) is 6.92 Å². The Morgan fingerprint density at radius 2 is 2.21 bits per heavy atom. The highest BCUT2D eigenvalue weighted by Gasteiger charge is 2.08. The summed E-state index contributed by atoms with van der Waals surface area (Å²) in [5, 5.41) is 20.3. The van der Waals surface area contributed by atoms with Gasteiger partial charge in [0.15, 0.2) is 0 Å². The Bertz CT molecular complexity index is 198. The summed E-state index contributed by atoms with van der Waals surface area (Å²) in [4.78, 5) is 10.2. The Hall–Kier alpha value is -0.460. The van der Waals surface area contributed by atoms with Gasteiger partial charge < -0.3 is 15.5 Å². The van der Waals surface area contributed by atoms with Crippen LogP contribution in [-0.2, 0) is 15.6 Å². The van der Waals surface area contributed by atoms with E-state index in [1.165, 1.54) is 0 Å². The van der Waals surface area contributed by atoms with Crippen molar-refractivity contribution in [2.75, 3.05) is 24.6 Å². The molecule has 0 aliphatic carbocycles. The zero-order chi connectivity index (χ0) is 11.0. The van der Waals surface area contributed by atoms with Crippen molar-refractivity contribution in [3.8, 4) is 0 Å². The van der Waals surface area contributed by atoms with Crippen molar-refractivity contribution in [1.82, 2.24) is 5.32 Å². The predicted molar refractivity (Wildman–Crippen MR) is 54.7 cm³/mol. The summed E-state index contributed by atoms with van der Waals surface area (Å²) >= 11 is 0. The quantitative estimate of drug-likeness (QED) is 0.468. The second-order valence-electron chi connectivity index (χ2n) is 2.89. The molecule has 0 rings (SSSR count). The van der Waals surface area contributed by atoms with Crippen molar-refractivity contribution in [2.24, 2.45) is 0 Å². The van der Waals surface area contributed by atoms with Crippen molar-refractivity contribution in [3.63, 3.8) is 0 Å². The first-order chi connectivity index (χ1) is 6.56. The van der Waals surface area contributed by atoms with Gasteiger partial charge in [-0.3, -0.25) is 9.00 Å². The molecule has 0 saturated carbocycles. The lowest BCUT2D eigenvalue weighted by molar-refractivity contribution is -0.139. The fraction of sp³-hybridized carbons (Fsp3) is 0.875. The zero-order valence-electron chi connectivity index (χ0n) is 8.23. The Labute approximate surface area is 86.0 Å². The Balaban J connectivity index is 3.35. The first-order valence-corrected chi connectivity index (χ1v) is 6.00. The Morgan fingerprint density at radius 3 is 2.71 bits per heavy atom. The third-order valence-corrected chi connectivity index (χ3v) is 2.92. The molecule has 0 amide bonds. The summed E-state index contributed by atoms with van der Waals surface area (Å²) in [5.41, 5.74) is 0. The SMILES string of the molecule is CCS(=O)CCNCC(O)CC(=O)O. The number of hydrogen-bond donors (Lipinski definition) is 3. The molecule has 0 heterocycles. The van der Waals surface area contributed by atoms with Gasteiger partial charge in [-0.25, -0.2) is 0 Å². The number of hydrogen-bond acceptors (Lipinski definition) is 4. The molecule has 3 N–H and O–H groups in total. The molecular weight excluding hydrogens is 206 g/mol. The molecule has 0 aromatic rings. The van der Waals surface area contributed by atoms with Gasteiger partial charge in [0.25, 0.3) is 0 Å². The van der Waals surface area contributed by atoms with Crippen LogP contribution in [0, 0.1) is 0 Å². The number of carbonyl (C=O) groups is 1. The van der Waals surface area contributed by atoms with Crippen LogP contribution in [-0.4, -0.2) is 51.1 Å². The minimum Gasteiger partial charge on any atom is -0.481 e. The van der Waals surface area contributed by atoms with Gasteiger partial charge in [0.1, 0.15) is 0 Å². The van der Waals surface area contributed by atoms with Gasteiger partial charge >= 0.3 is 5.97 Å². The topological polar surface area (TPSA) is 86.6 Å². The van der Waals surface area contributed by atoms with Crippen LogP contribution in [0.3, 0.4) is 0 Å². The van der Waals surface area contributed by atoms with E-state index >= 15 is 0 Å². The van der Waals surface area contributed by atoms with Crippen LogP contribution in [0.5, 0.6) is 0 Å². The Morgan fingerprint density at radius 1 is 1.57 bits per heavy atom. The molecule has 0 radical (unpaired) electrons. The first-order valence-electron chi connectivity index (χ1n) is 4.51. The summed E-state index contributed by atoms with van der Waals surface area (Å²) in [5.74, 6) is 0.145. The van der Waals surface area contributed by atoms with Gasteiger partial charge in [0.2, 0.25) is 0 Å². The van der Waals surface area contributed by atoms with Crippen LogP contribution in [0.1, 0.15) is 13.3 Å². The van der Waals surface area contributed by atoms with E-state index in [2.05, 4.69) is 5.32 Å². The molecule has 0 aromatic heterocycles. The smallest absolute Gasteiger partial charge is 0.306 e. The molecular formula is C8H17NO4S. The number of carboxylic acids is 1. The molecule has 0 bridgehead atoms. The third kappa shape index (κ3) is 8.15. The largest absolute Gasteiger partial charge is 0.481 e. The summed E-state index contributed by atoms with van der Waals surface area (Å²) in [6.07, 6.45) is -1.13. The van der Waals surface area contributed by atoms with Crippen molar-refractivity contribution in [3.05, 3.63) is 0 Å². The molecule has 6 heteroatoms. The van der Waals surface area contributed by atoms with E-state index < -0.39 is 22.9 Å². The van der Waals surface area contributed by atoms with Gasteiger partial charge in [0, 0.05) is 35.4 Å². The molecule has 5 nitrogen and oxygen atoms in total. The summed E-state index contributed by atoms with van der Waals surface area (Å²) in [7, 11) is -0.813. The van der Waals surface area contributed by atoms with Crippen molar-refractivity contribution in [2.45, 2.75) is 19.4 Å². The second kappa shape index (κ2) is 7.90. The van der Waals surface area contributed by atoms with Crippen molar-refractivity contribution in [1.29, 1.82) is 0 Å². The van der Waals surface area contributed by atoms with E-state index in [9.17, 15) is 9.00 Å². The van der Waals surface area contributed by atoms with E-state index in [4.69, 9.17) is 10.2 Å². The molecule has 0 saturated heterocycles. The number of nitrogens with one attached hydrogen (secondary N) is 1. The van der Waals surface area contributed by atoms with Gasteiger partial charge in [0.05, 0.1) is 12.5 Å².